The zero-order valence-electron chi connectivity index (χ0n) is 17.1. The van der Waals surface area contributed by atoms with Crippen LogP contribution in [0.25, 0.3) is 0 Å². The summed E-state index contributed by atoms with van der Waals surface area (Å²) >= 11 is 0. The first-order valence-corrected chi connectivity index (χ1v) is 11.8. The van der Waals surface area contributed by atoms with E-state index in [9.17, 15) is 4.79 Å². The summed E-state index contributed by atoms with van der Waals surface area (Å²) in [6.45, 7) is 19.6. The summed E-state index contributed by atoms with van der Waals surface area (Å²) in [5.41, 5.74) is -0.469. The van der Waals surface area contributed by atoms with Gasteiger partial charge in [-0.3, -0.25) is 0 Å². The summed E-state index contributed by atoms with van der Waals surface area (Å²) in [6, 6.07) is 0. The second kappa shape index (κ2) is 7.75. The summed E-state index contributed by atoms with van der Waals surface area (Å²) in [4.78, 5) is 14.1. The third-order valence-corrected chi connectivity index (χ3v) is 9.57. The number of hydrogen-bond donors (Lipinski definition) is 0. The van der Waals surface area contributed by atoms with Gasteiger partial charge in [0.2, 0.25) is 0 Å². The van der Waals surface area contributed by atoms with E-state index in [0.29, 0.717) is 38.1 Å². The lowest BCUT2D eigenvalue weighted by Gasteiger charge is -2.37. The third kappa shape index (κ3) is 6.04. The SMILES string of the molecule is COC[C@@H]1CN(C(=O)OC(C)(C)C)C[C@H]1CO[Si](C)(C)C(C)(C)C. The fourth-order valence-electron chi connectivity index (χ4n) is 2.54. The van der Waals surface area contributed by atoms with Crippen molar-refractivity contribution in [3.63, 3.8) is 0 Å². The van der Waals surface area contributed by atoms with Gasteiger partial charge in [-0.25, -0.2) is 4.79 Å². The summed E-state index contributed by atoms with van der Waals surface area (Å²) in [6.07, 6.45) is -0.238. The van der Waals surface area contributed by atoms with Crippen molar-refractivity contribution in [3.8, 4) is 0 Å². The minimum Gasteiger partial charge on any atom is -0.444 e. The average Bonchev–Trinajstić information content (AvgIpc) is 2.77. The van der Waals surface area contributed by atoms with Crippen LogP contribution in [0.3, 0.4) is 0 Å². The molecule has 0 aliphatic carbocycles. The fraction of sp³-hybridized carbons (Fsp3) is 0.944. The van der Waals surface area contributed by atoms with Crippen LogP contribution < -0.4 is 0 Å². The van der Waals surface area contributed by atoms with Crippen molar-refractivity contribution in [2.45, 2.75) is 65.3 Å². The van der Waals surface area contributed by atoms with Gasteiger partial charge in [0.05, 0.1) is 6.61 Å². The molecule has 1 amide bonds. The minimum atomic E-state index is -1.79. The van der Waals surface area contributed by atoms with Crippen molar-refractivity contribution in [1.29, 1.82) is 0 Å². The first-order chi connectivity index (χ1) is 10.8. The van der Waals surface area contributed by atoms with E-state index in [-0.39, 0.29) is 11.1 Å². The van der Waals surface area contributed by atoms with Crippen molar-refractivity contribution in [2.24, 2.45) is 11.8 Å². The van der Waals surface area contributed by atoms with Gasteiger partial charge in [-0.2, -0.15) is 0 Å². The Morgan fingerprint density at radius 1 is 1.04 bits per heavy atom. The molecule has 1 heterocycles. The first-order valence-electron chi connectivity index (χ1n) is 8.87. The molecule has 0 spiro atoms. The molecule has 0 bridgehead atoms. The van der Waals surface area contributed by atoms with Crippen LogP contribution in [-0.2, 0) is 13.9 Å². The second-order valence-electron chi connectivity index (χ2n) is 9.43. The number of hydrogen-bond acceptors (Lipinski definition) is 4. The predicted octanol–water partition coefficient (Wildman–Crippen LogP) is 4.14. The van der Waals surface area contributed by atoms with E-state index in [1.54, 1.807) is 12.0 Å². The van der Waals surface area contributed by atoms with Crippen LogP contribution in [-0.4, -0.2) is 58.3 Å². The van der Waals surface area contributed by atoms with Crippen molar-refractivity contribution >= 4 is 14.4 Å². The number of carbonyl (C=O) groups is 1. The highest BCUT2D eigenvalue weighted by Crippen LogP contribution is 2.37. The number of carbonyl (C=O) groups excluding carboxylic acids is 1. The van der Waals surface area contributed by atoms with Gasteiger partial charge in [0.25, 0.3) is 0 Å². The Kier molecular flexibility index (Phi) is 6.92. The van der Waals surface area contributed by atoms with Gasteiger partial charge in [-0.15, -0.1) is 0 Å². The number of rotatable bonds is 5. The first kappa shape index (κ1) is 21.4. The van der Waals surface area contributed by atoms with Crippen LogP contribution in [0.2, 0.25) is 18.1 Å². The molecule has 1 aliphatic heterocycles. The Morgan fingerprint density at radius 2 is 1.54 bits per heavy atom. The Bertz CT molecular complexity index is 426. The molecular weight excluding hydrogens is 322 g/mol. The van der Waals surface area contributed by atoms with Gasteiger partial charge >= 0.3 is 6.09 Å². The van der Waals surface area contributed by atoms with Crippen LogP contribution >= 0.6 is 0 Å². The van der Waals surface area contributed by atoms with E-state index < -0.39 is 13.9 Å². The van der Waals surface area contributed by atoms with E-state index in [4.69, 9.17) is 13.9 Å². The molecule has 0 N–H and O–H groups in total. The standard InChI is InChI=1S/C18H37NO4Si/c1-17(2,3)23-16(20)19-10-14(12-21-7)15(11-19)13-22-24(8,9)18(4,5)6/h14-15H,10-13H2,1-9H3/t14-,15-/m0/s1. The number of amides is 1. The van der Waals surface area contributed by atoms with Crippen LogP contribution in [0.4, 0.5) is 4.79 Å². The zero-order valence-corrected chi connectivity index (χ0v) is 18.1. The van der Waals surface area contributed by atoms with E-state index in [2.05, 4.69) is 33.9 Å². The molecular formula is C18H37NO4Si. The van der Waals surface area contributed by atoms with Crippen LogP contribution in [0.5, 0.6) is 0 Å². The monoisotopic (exact) mass is 359 g/mol. The second-order valence-corrected chi connectivity index (χ2v) is 14.2. The molecule has 0 saturated carbocycles. The number of methoxy groups -OCH3 is 1. The lowest BCUT2D eigenvalue weighted by atomic mass is 9.98. The number of ether oxygens (including phenoxy) is 2. The highest BCUT2D eigenvalue weighted by molar-refractivity contribution is 6.74. The smallest absolute Gasteiger partial charge is 0.410 e. The van der Waals surface area contributed by atoms with Gasteiger partial charge in [0, 0.05) is 38.6 Å². The third-order valence-electron chi connectivity index (χ3n) is 5.07. The van der Waals surface area contributed by atoms with Gasteiger partial charge in [0.15, 0.2) is 8.32 Å². The van der Waals surface area contributed by atoms with Crippen molar-refractivity contribution in [2.75, 3.05) is 33.4 Å². The summed E-state index contributed by atoms with van der Waals surface area (Å²) in [5, 5.41) is 0.188. The van der Waals surface area contributed by atoms with Crippen molar-refractivity contribution in [1.82, 2.24) is 4.90 Å². The zero-order chi connectivity index (χ0) is 18.8. The molecule has 0 radical (unpaired) electrons. The molecule has 24 heavy (non-hydrogen) atoms. The highest BCUT2D eigenvalue weighted by Gasteiger charge is 2.41. The molecule has 5 nitrogen and oxygen atoms in total. The maximum Gasteiger partial charge on any atom is 0.410 e. The van der Waals surface area contributed by atoms with Crippen LogP contribution in [0, 0.1) is 11.8 Å². The van der Waals surface area contributed by atoms with Gasteiger partial charge in [0.1, 0.15) is 5.60 Å². The summed E-state index contributed by atoms with van der Waals surface area (Å²) < 4.78 is 17.3. The van der Waals surface area contributed by atoms with Gasteiger partial charge in [-0.1, -0.05) is 20.8 Å². The van der Waals surface area contributed by atoms with Crippen molar-refractivity contribution < 1.29 is 18.7 Å². The lowest BCUT2D eigenvalue weighted by Crippen LogP contribution is -2.43. The maximum absolute atomic E-state index is 12.3. The lowest BCUT2D eigenvalue weighted by molar-refractivity contribution is 0.0277. The van der Waals surface area contributed by atoms with Crippen LogP contribution in [0.15, 0.2) is 0 Å². The van der Waals surface area contributed by atoms with Crippen molar-refractivity contribution in [3.05, 3.63) is 0 Å². The molecule has 1 aliphatic rings. The molecule has 2 atom stereocenters. The molecule has 6 heteroatoms. The molecule has 1 fully saturated rings. The van der Waals surface area contributed by atoms with Gasteiger partial charge < -0.3 is 18.8 Å². The quantitative estimate of drug-likeness (QED) is 0.692. The molecule has 0 unspecified atom stereocenters. The number of likely N-dealkylation sites (tertiary alicyclic amines) is 1. The predicted molar refractivity (Wildman–Crippen MR) is 99.8 cm³/mol. The van der Waals surface area contributed by atoms with Gasteiger partial charge in [-0.05, 0) is 38.9 Å². The van der Waals surface area contributed by atoms with Crippen LogP contribution in [0.1, 0.15) is 41.5 Å². The molecule has 0 aromatic heterocycles. The van der Waals surface area contributed by atoms with E-state index in [1.165, 1.54) is 0 Å². The average molecular weight is 360 g/mol. The molecule has 142 valence electrons. The molecule has 1 rings (SSSR count). The molecule has 0 aromatic rings. The Morgan fingerprint density at radius 3 is 1.96 bits per heavy atom. The Labute approximate surface area is 149 Å². The molecule has 0 aromatic carbocycles. The van der Waals surface area contributed by atoms with E-state index >= 15 is 0 Å². The number of nitrogens with zero attached hydrogens (tertiary/aromatic N) is 1. The largest absolute Gasteiger partial charge is 0.444 e. The topological polar surface area (TPSA) is 48.0 Å². The minimum absolute atomic E-state index is 0.188. The highest BCUT2D eigenvalue weighted by atomic mass is 28.4. The fourth-order valence-corrected chi connectivity index (χ4v) is 3.60. The van der Waals surface area contributed by atoms with E-state index in [1.807, 2.05) is 20.8 Å². The Balaban J connectivity index is 2.70. The summed E-state index contributed by atoms with van der Waals surface area (Å²) in [7, 11) is -0.0777. The van der Waals surface area contributed by atoms with E-state index in [0.717, 1.165) is 0 Å². The normalized spacial score (nSPS) is 22.8. The maximum atomic E-state index is 12.3. The molecule has 1 saturated heterocycles. The summed E-state index contributed by atoms with van der Waals surface area (Å²) in [5.74, 6) is 0.596. The Hall–Kier alpha value is -0.593.